The van der Waals surface area contributed by atoms with Gasteiger partial charge in [-0.15, -0.1) is 0 Å². The van der Waals surface area contributed by atoms with Crippen molar-refractivity contribution in [1.82, 2.24) is 19.5 Å². The molecule has 0 spiro atoms. The highest BCUT2D eigenvalue weighted by molar-refractivity contribution is 5.48. The van der Waals surface area contributed by atoms with Gasteiger partial charge in [0.1, 0.15) is 11.6 Å². The molecule has 0 unspecified atom stereocenters. The summed E-state index contributed by atoms with van der Waals surface area (Å²) in [6.45, 7) is 7.74. The van der Waals surface area contributed by atoms with Crippen molar-refractivity contribution in [2.75, 3.05) is 25.4 Å². The number of rotatable bonds is 5. The minimum Gasteiger partial charge on any atom is -0.494 e. The number of benzene rings is 1. The summed E-state index contributed by atoms with van der Waals surface area (Å²) in [6.07, 6.45) is 2.32. The first-order valence-corrected chi connectivity index (χ1v) is 9.69. The summed E-state index contributed by atoms with van der Waals surface area (Å²) in [6, 6.07) is 12.4. The maximum absolute atomic E-state index is 6.21. The van der Waals surface area contributed by atoms with Crippen LogP contribution in [0.15, 0.2) is 36.4 Å². The highest BCUT2D eigenvalue weighted by atomic mass is 16.5. The summed E-state index contributed by atoms with van der Waals surface area (Å²) in [5, 5.41) is 4.40. The van der Waals surface area contributed by atoms with Crippen LogP contribution < -0.4 is 10.5 Å². The third-order valence-electron chi connectivity index (χ3n) is 5.16. The Balaban J connectivity index is 1.47. The van der Waals surface area contributed by atoms with Crippen molar-refractivity contribution < 1.29 is 4.74 Å². The van der Waals surface area contributed by atoms with Gasteiger partial charge < -0.3 is 10.5 Å². The Kier molecular flexibility index (Phi) is 4.99. The Morgan fingerprint density at radius 3 is 2.81 bits per heavy atom. The van der Waals surface area contributed by atoms with Crippen LogP contribution in [-0.4, -0.2) is 39.2 Å². The van der Waals surface area contributed by atoms with Crippen molar-refractivity contribution in [3.8, 4) is 5.75 Å². The average Bonchev–Trinajstić information content (AvgIpc) is 3.05. The number of hydrogen-bond donors (Lipinski definition) is 1. The third-order valence-corrected chi connectivity index (χ3v) is 5.16. The number of anilines is 1. The van der Waals surface area contributed by atoms with Gasteiger partial charge in [-0.3, -0.25) is 4.90 Å². The maximum atomic E-state index is 6.21. The molecule has 1 aromatic carbocycles. The number of nitrogens with zero attached hydrogens (tertiary/aromatic N) is 4. The Morgan fingerprint density at radius 2 is 2.04 bits per heavy atom. The van der Waals surface area contributed by atoms with E-state index in [9.17, 15) is 0 Å². The second kappa shape index (κ2) is 7.56. The molecule has 3 heterocycles. The lowest BCUT2D eigenvalue weighted by Gasteiger charge is -2.32. The van der Waals surface area contributed by atoms with E-state index in [1.54, 1.807) is 4.52 Å². The molecule has 6 nitrogen and oxygen atoms in total. The maximum Gasteiger partial charge on any atom is 0.157 e. The number of hydrogen-bond acceptors (Lipinski definition) is 5. The topological polar surface area (TPSA) is 68.7 Å². The predicted molar refractivity (Wildman–Crippen MR) is 107 cm³/mol. The zero-order valence-electron chi connectivity index (χ0n) is 16.1. The number of aryl methyl sites for hydroxylation is 1. The van der Waals surface area contributed by atoms with E-state index in [1.165, 1.54) is 12.0 Å². The predicted octanol–water partition coefficient (Wildman–Crippen LogP) is 3.40. The standard InChI is InChI=1S/C21H27N5O/c1-3-27-18-8-6-16(7-9-18)13-25-10-4-5-17(14-25)19-12-20(22)26-21(23-19)11-15(2)24-26/h6-9,11-12,17H,3-5,10,13-14,22H2,1-2H3/t17-/m1/s1. The van der Waals surface area contributed by atoms with Gasteiger partial charge in [-0.05, 0) is 50.9 Å². The minimum atomic E-state index is 0.406. The van der Waals surface area contributed by atoms with Crippen LogP contribution >= 0.6 is 0 Å². The molecule has 27 heavy (non-hydrogen) atoms. The van der Waals surface area contributed by atoms with Gasteiger partial charge in [0, 0.05) is 31.1 Å². The summed E-state index contributed by atoms with van der Waals surface area (Å²) >= 11 is 0. The fourth-order valence-electron chi connectivity index (χ4n) is 3.90. The molecule has 0 aliphatic carbocycles. The molecule has 4 rings (SSSR count). The zero-order valence-corrected chi connectivity index (χ0v) is 16.1. The lowest BCUT2D eigenvalue weighted by molar-refractivity contribution is 0.198. The quantitative estimate of drug-likeness (QED) is 0.750. The van der Waals surface area contributed by atoms with E-state index < -0.39 is 0 Å². The molecule has 1 aliphatic rings. The van der Waals surface area contributed by atoms with E-state index in [2.05, 4.69) is 34.3 Å². The van der Waals surface area contributed by atoms with Crippen molar-refractivity contribution in [1.29, 1.82) is 0 Å². The van der Waals surface area contributed by atoms with Gasteiger partial charge >= 0.3 is 0 Å². The Bertz CT molecular complexity index is 918. The molecular weight excluding hydrogens is 338 g/mol. The number of nitrogen functional groups attached to an aromatic ring is 1. The molecule has 0 amide bonds. The van der Waals surface area contributed by atoms with Crippen LogP contribution in [0.25, 0.3) is 5.65 Å². The van der Waals surface area contributed by atoms with Crippen LogP contribution in [0, 0.1) is 6.92 Å². The monoisotopic (exact) mass is 365 g/mol. The lowest BCUT2D eigenvalue weighted by Crippen LogP contribution is -2.34. The van der Waals surface area contributed by atoms with Crippen molar-refractivity contribution >= 4 is 11.5 Å². The molecule has 1 fully saturated rings. The molecule has 2 N–H and O–H groups in total. The summed E-state index contributed by atoms with van der Waals surface area (Å²) in [5.41, 5.74) is 10.4. The number of likely N-dealkylation sites (tertiary alicyclic amines) is 1. The SMILES string of the molecule is CCOc1ccc(CN2CCC[C@@H](c3cc(N)n4nc(C)cc4n3)C2)cc1. The second-order valence-corrected chi connectivity index (χ2v) is 7.31. The van der Waals surface area contributed by atoms with Gasteiger partial charge in [-0.2, -0.15) is 9.61 Å². The molecule has 142 valence electrons. The molecule has 1 aliphatic heterocycles. The van der Waals surface area contributed by atoms with Gasteiger partial charge in [-0.1, -0.05) is 12.1 Å². The van der Waals surface area contributed by atoms with Crippen LogP contribution in [0.2, 0.25) is 0 Å². The molecule has 0 saturated carbocycles. The zero-order chi connectivity index (χ0) is 18.8. The summed E-state index contributed by atoms with van der Waals surface area (Å²) < 4.78 is 7.25. The van der Waals surface area contributed by atoms with Crippen LogP contribution in [-0.2, 0) is 6.54 Å². The number of aromatic nitrogens is 3. The number of fused-ring (bicyclic) bond motifs is 1. The van der Waals surface area contributed by atoms with E-state index in [0.29, 0.717) is 18.3 Å². The lowest BCUT2D eigenvalue weighted by atomic mass is 9.94. The third kappa shape index (κ3) is 3.90. The van der Waals surface area contributed by atoms with E-state index >= 15 is 0 Å². The average molecular weight is 365 g/mol. The largest absolute Gasteiger partial charge is 0.494 e. The first-order chi connectivity index (χ1) is 13.1. The summed E-state index contributed by atoms with van der Waals surface area (Å²) in [4.78, 5) is 7.34. The van der Waals surface area contributed by atoms with Gasteiger partial charge in [0.15, 0.2) is 5.65 Å². The van der Waals surface area contributed by atoms with Crippen LogP contribution in [0.5, 0.6) is 5.75 Å². The highest BCUT2D eigenvalue weighted by Crippen LogP contribution is 2.28. The molecular formula is C21H27N5O. The number of nitrogens with two attached hydrogens (primary N) is 1. The molecule has 1 atom stereocenters. The highest BCUT2D eigenvalue weighted by Gasteiger charge is 2.23. The molecule has 6 heteroatoms. The molecule has 1 saturated heterocycles. The van der Waals surface area contributed by atoms with Crippen LogP contribution in [0.3, 0.4) is 0 Å². The van der Waals surface area contributed by atoms with Crippen molar-refractivity contribution in [2.45, 2.75) is 39.2 Å². The minimum absolute atomic E-state index is 0.406. The van der Waals surface area contributed by atoms with Gasteiger partial charge in [-0.25, -0.2) is 4.98 Å². The van der Waals surface area contributed by atoms with E-state index in [4.69, 9.17) is 15.5 Å². The number of piperidine rings is 1. The van der Waals surface area contributed by atoms with E-state index in [1.807, 2.05) is 26.0 Å². The van der Waals surface area contributed by atoms with Crippen molar-refractivity contribution in [3.63, 3.8) is 0 Å². The van der Waals surface area contributed by atoms with E-state index in [-0.39, 0.29) is 0 Å². The fraction of sp³-hybridized carbons (Fsp3) is 0.429. The first kappa shape index (κ1) is 17.8. The molecule has 0 bridgehead atoms. The summed E-state index contributed by atoms with van der Waals surface area (Å²) in [5.74, 6) is 2.00. The first-order valence-electron chi connectivity index (χ1n) is 9.69. The smallest absolute Gasteiger partial charge is 0.157 e. The summed E-state index contributed by atoms with van der Waals surface area (Å²) in [7, 11) is 0. The van der Waals surface area contributed by atoms with Crippen molar-refractivity contribution in [2.24, 2.45) is 0 Å². The molecule has 3 aromatic rings. The normalized spacial score (nSPS) is 18.1. The van der Waals surface area contributed by atoms with Crippen LogP contribution in [0.4, 0.5) is 5.82 Å². The van der Waals surface area contributed by atoms with Gasteiger partial charge in [0.05, 0.1) is 18.0 Å². The van der Waals surface area contributed by atoms with Crippen molar-refractivity contribution in [3.05, 3.63) is 53.3 Å². The van der Waals surface area contributed by atoms with Gasteiger partial charge in [0.25, 0.3) is 0 Å². The Labute approximate surface area is 160 Å². The Hall–Kier alpha value is -2.60. The van der Waals surface area contributed by atoms with E-state index in [0.717, 1.165) is 48.8 Å². The van der Waals surface area contributed by atoms with Gasteiger partial charge in [0.2, 0.25) is 0 Å². The molecule has 0 radical (unpaired) electrons. The van der Waals surface area contributed by atoms with Crippen LogP contribution in [0.1, 0.15) is 42.6 Å². The number of ether oxygens (including phenoxy) is 1. The second-order valence-electron chi connectivity index (χ2n) is 7.31. The molecule has 2 aromatic heterocycles. The fourth-order valence-corrected chi connectivity index (χ4v) is 3.90. The Morgan fingerprint density at radius 1 is 1.22 bits per heavy atom.